The largest absolute Gasteiger partial charge is 0.481 e. The minimum absolute atomic E-state index is 0.158. The van der Waals surface area contributed by atoms with Crippen molar-refractivity contribution < 1.29 is 39.2 Å². The van der Waals surface area contributed by atoms with E-state index in [9.17, 15) is 34.5 Å². The second-order valence-electron chi connectivity index (χ2n) is 12.0. The number of carbonyl (C=O) groups excluding carboxylic acids is 3. The van der Waals surface area contributed by atoms with Gasteiger partial charge in [-0.15, -0.1) is 0 Å². The van der Waals surface area contributed by atoms with E-state index in [1.165, 1.54) is 6.92 Å². The minimum Gasteiger partial charge on any atom is -0.481 e. The number of aliphatic carboxylic acids is 1. The molecule has 7 unspecified atom stereocenters. The molecular weight excluding hydrogens is 440 g/mol. The van der Waals surface area contributed by atoms with Gasteiger partial charge in [0.1, 0.15) is 0 Å². The molecule has 34 heavy (non-hydrogen) atoms. The molecule has 0 aliphatic heterocycles. The Kier molecular flexibility index (Phi) is 5.83. The Morgan fingerprint density at radius 3 is 2.18 bits per heavy atom. The molecule has 190 valence electrons. The summed E-state index contributed by atoms with van der Waals surface area (Å²) in [6.07, 6.45) is 1.01. The van der Waals surface area contributed by atoms with Gasteiger partial charge in [0.15, 0.2) is 22.6 Å². The van der Waals surface area contributed by atoms with Gasteiger partial charge < -0.3 is 20.1 Å². The molecule has 0 aromatic heterocycles. The van der Waals surface area contributed by atoms with Crippen LogP contribution in [0.3, 0.4) is 0 Å². The van der Waals surface area contributed by atoms with Crippen molar-refractivity contribution >= 4 is 23.5 Å². The van der Waals surface area contributed by atoms with Crippen molar-refractivity contribution in [1.82, 2.24) is 0 Å². The summed E-state index contributed by atoms with van der Waals surface area (Å²) in [5.74, 6) is -4.35. The number of ketones is 2. The fourth-order valence-electron chi connectivity index (χ4n) is 8.45. The molecule has 3 saturated carbocycles. The average Bonchev–Trinajstić information content (AvgIpc) is 2.84. The number of aliphatic hydroxyl groups is 2. The summed E-state index contributed by atoms with van der Waals surface area (Å²) in [7, 11) is 1.16. The van der Waals surface area contributed by atoms with Crippen LogP contribution in [0.4, 0.5) is 0 Å². The fourth-order valence-corrected chi connectivity index (χ4v) is 8.45. The number of carboxylic acids is 1. The number of rotatable bonds is 5. The van der Waals surface area contributed by atoms with Gasteiger partial charge in [0, 0.05) is 6.42 Å². The van der Waals surface area contributed by atoms with E-state index in [0.29, 0.717) is 18.4 Å². The standard InChI is InChI=1S/C26H38O8/c1-14-13-16-22(4,11-10-17(27)28)15(21(2,3)32)9-12-23(16,5)26(20(31)34-8)19(30)25(7,33)18(29)24(14,26)6/h15-16,32-33H,1,9-13H2,2-8H3,(H,27,28). The molecule has 0 heterocycles. The normalized spacial score (nSPS) is 44.4. The number of carboxylic acid groups (broad SMARTS) is 1. The van der Waals surface area contributed by atoms with Gasteiger partial charge in [-0.1, -0.05) is 26.0 Å². The van der Waals surface area contributed by atoms with E-state index in [2.05, 4.69) is 6.58 Å². The van der Waals surface area contributed by atoms with E-state index in [1.807, 2.05) is 6.92 Å². The number of hydrogen-bond acceptors (Lipinski definition) is 7. The Balaban J connectivity index is 2.38. The smallest absolute Gasteiger partial charge is 0.321 e. The van der Waals surface area contributed by atoms with Gasteiger partial charge in [-0.25, -0.2) is 0 Å². The van der Waals surface area contributed by atoms with E-state index >= 15 is 0 Å². The maximum Gasteiger partial charge on any atom is 0.321 e. The third kappa shape index (κ3) is 2.84. The topological polar surface area (TPSA) is 138 Å². The van der Waals surface area contributed by atoms with Crippen LogP contribution in [0.1, 0.15) is 73.6 Å². The molecule has 8 nitrogen and oxygen atoms in total. The molecule has 0 saturated heterocycles. The molecule has 8 heteroatoms. The molecular formula is C26H38O8. The van der Waals surface area contributed by atoms with E-state index in [1.54, 1.807) is 20.8 Å². The quantitative estimate of drug-likeness (QED) is 0.311. The zero-order chi connectivity index (χ0) is 26.3. The first-order chi connectivity index (χ1) is 15.3. The highest BCUT2D eigenvalue weighted by atomic mass is 16.5. The second-order valence-corrected chi connectivity index (χ2v) is 12.0. The number of fused-ring (bicyclic) bond motifs is 3. The summed E-state index contributed by atoms with van der Waals surface area (Å²) in [4.78, 5) is 52.9. The Hall–Kier alpha value is -2.06. The summed E-state index contributed by atoms with van der Waals surface area (Å²) in [5.41, 5.74) is -8.88. The van der Waals surface area contributed by atoms with Crippen LogP contribution in [-0.2, 0) is 23.9 Å². The van der Waals surface area contributed by atoms with Crippen LogP contribution in [0.15, 0.2) is 12.2 Å². The molecule has 0 amide bonds. The van der Waals surface area contributed by atoms with Gasteiger partial charge in [0.2, 0.25) is 0 Å². The number of ether oxygens (including phenoxy) is 1. The van der Waals surface area contributed by atoms with Crippen LogP contribution in [0.25, 0.3) is 0 Å². The molecule has 0 bridgehead atoms. The highest BCUT2D eigenvalue weighted by molar-refractivity contribution is 6.29. The molecule has 3 fully saturated rings. The van der Waals surface area contributed by atoms with Crippen LogP contribution >= 0.6 is 0 Å². The Morgan fingerprint density at radius 2 is 1.71 bits per heavy atom. The number of carbonyl (C=O) groups is 4. The lowest BCUT2D eigenvalue weighted by Gasteiger charge is -2.67. The number of hydrogen-bond donors (Lipinski definition) is 3. The first-order valence-corrected chi connectivity index (χ1v) is 11.8. The van der Waals surface area contributed by atoms with E-state index in [0.717, 1.165) is 14.0 Å². The highest BCUT2D eigenvalue weighted by Gasteiger charge is 2.85. The van der Waals surface area contributed by atoms with Gasteiger partial charge in [0.05, 0.1) is 18.1 Å². The van der Waals surface area contributed by atoms with Gasteiger partial charge in [-0.3, -0.25) is 19.2 Å². The van der Waals surface area contributed by atoms with Gasteiger partial charge in [-0.2, -0.15) is 0 Å². The summed E-state index contributed by atoms with van der Waals surface area (Å²) in [6, 6.07) is 0. The number of esters is 1. The third-order valence-electron chi connectivity index (χ3n) is 9.98. The molecule has 0 spiro atoms. The average molecular weight is 479 g/mol. The molecule has 0 radical (unpaired) electrons. The van der Waals surface area contributed by atoms with Crippen molar-refractivity contribution in [3.8, 4) is 0 Å². The van der Waals surface area contributed by atoms with Crippen molar-refractivity contribution in [2.75, 3.05) is 7.11 Å². The zero-order valence-electron chi connectivity index (χ0n) is 21.3. The van der Waals surface area contributed by atoms with Crippen molar-refractivity contribution in [2.24, 2.45) is 33.5 Å². The van der Waals surface area contributed by atoms with Crippen LogP contribution in [0.2, 0.25) is 0 Å². The van der Waals surface area contributed by atoms with E-state index in [-0.39, 0.29) is 25.2 Å². The molecule has 3 rings (SSSR count). The van der Waals surface area contributed by atoms with E-state index in [4.69, 9.17) is 4.74 Å². The lowest BCUT2D eigenvalue weighted by molar-refractivity contribution is -0.218. The molecule has 0 aromatic rings. The number of Topliss-reactive ketones (excluding diaryl/α,β-unsaturated/α-hetero) is 2. The van der Waals surface area contributed by atoms with Crippen molar-refractivity contribution in [1.29, 1.82) is 0 Å². The second kappa shape index (κ2) is 7.47. The van der Waals surface area contributed by atoms with Crippen LogP contribution in [0, 0.1) is 33.5 Å². The fraction of sp³-hybridized carbons (Fsp3) is 0.769. The van der Waals surface area contributed by atoms with Crippen LogP contribution in [0.5, 0.6) is 0 Å². The van der Waals surface area contributed by atoms with Gasteiger partial charge in [0.25, 0.3) is 0 Å². The van der Waals surface area contributed by atoms with Crippen molar-refractivity contribution in [2.45, 2.75) is 84.8 Å². The predicted octanol–water partition coefficient (Wildman–Crippen LogP) is 2.69. The van der Waals surface area contributed by atoms with Gasteiger partial charge in [-0.05, 0) is 76.0 Å². The van der Waals surface area contributed by atoms with Crippen molar-refractivity contribution in [3.63, 3.8) is 0 Å². The third-order valence-corrected chi connectivity index (χ3v) is 9.98. The monoisotopic (exact) mass is 478 g/mol. The molecule has 3 aliphatic carbocycles. The number of methoxy groups -OCH3 is 1. The molecule has 3 aliphatic rings. The van der Waals surface area contributed by atoms with Crippen LogP contribution in [-0.4, -0.2) is 57.1 Å². The summed E-state index contributed by atoms with van der Waals surface area (Å²) >= 11 is 0. The zero-order valence-corrected chi connectivity index (χ0v) is 21.3. The Labute approximate surface area is 200 Å². The maximum atomic E-state index is 14.0. The lowest BCUT2D eigenvalue weighted by atomic mass is 9.34. The summed E-state index contributed by atoms with van der Waals surface area (Å²) in [5, 5.41) is 31.7. The SMILES string of the molecule is C=C1CC2C(C)(CCC(=O)O)C(C(C)(C)O)CCC2(C)C2(C(=O)OC)C(=O)C(C)(O)C(=O)C12C. The minimum atomic E-state index is -2.39. The lowest BCUT2D eigenvalue weighted by Crippen LogP contribution is -2.70. The maximum absolute atomic E-state index is 14.0. The molecule has 7 atom stereocenters. The predicted molar refractivity (Wildman–Crippen MR) is 123 cm³/mol. The summed E-state index contributed by atoms with van der Waals surface area (Å²) in [6.45, 7) is 13.8. The van der Waals surface area contributed by atoms with Crippen LogP contribution < -0.4 is 0 Å². The Morgan fingerprint density at radius 1 is 1.15 bits per heavy atom. The first kappa shape index (κ1) is 26.5. The summed E-state index contributed by atoms with van der Waals surface area (Å²) < 4.78 is 5.19. The van der Waals surface area contributed by atoms with E-state index < -0.39 is 62.3 Å². The molecule has 3 N–H and O–H groups in total. The Bertz CT molecular complexity index is 974. The first-order valence-electron chi connectivity index (χ1n) is 11.8. The van der Waals surface area contributed by atoms with Crippen molar-refractivity contribution in [3.05, 3.63) is 12.2 Å². The molecule has 0 aromatic carbocycles. The highest BCUT2D eigenvalue weighted by Crippen LogP contribution is 2.76. The van der Waals surface area contributed by atoms with Gasteiger partial charge >= 0.3 is 11.9 Å². The number of allylic oxidation sites excluding steroid dienone is 1.